The predicted octanol–water partition coefficient (Wildman–Crippen LogP) is 2.18. The number of nitro benzene ring substituents is 1. The number of anilines is 1. The fraction of sp³-hybridized carbons (Fsp3) is 0.364. The van der Waals surface area contributed by atoms with Crippen LogP contribution >= 0.6 is 0 Å². The summed E-state index contributed by atoms with van der Waals surface area (Å²) in [4.78, 5) is 21.3. The standard InChI is InChI=1S/C11H11FN2O3/c1-6(15)13-10-9(12)5-7-3-2-4-8(7)11(10)14(16)17/h5H,2-4H2,1H3,(H,13,15). The second-order valence-corrected chi connectivity index (χ2v) is 4.01. The number of carbonyl (C=O) groups excluding carboxylic acids is 1. The summed E-state index contributed by atoms with van der Waals surface area (Å²) < 4.78 is 13.7. The van der Waals surface area contributed by atoms with E-state index in [1.54, 1.807) is 0 Å². The van der Waals surface area contributed by atoms with Gasteiger partial charge in [-0.15, -0.1) is 0 Å². The topological polar surface area (TPSA) is 72.2 Å². The summed E-state index contributed by atoms with van der Waals surface area (Å²) in [5, 5.41) is 13.2. The molecule has 0 atom stereocenters. The number of aryl methyl sites for hydroxylation is 1. The van der Waals surface area contributed by atoms with Gasteiger partial charge in [0.05, 0.1) is 4.92 Å². The monoisotopic (exact) mass is 238 g/mol. The van der Waals surface area contributed by atoms with Crippen molar-refractivity contribution in [2.75, 3.05) is 5.32 Å². The highest BCUT2D eigenvalue weighted by molar-refractivity contribution is 5.92. The van der Waals surface area contributed by atoms with Gasteiger partial charge >= 0.3 is 0 Å². The molecule has 0 spiro atoms. The molecule has 0 bridgehead atoms. The first kappa shape index (κ1) is 11.5. The summed E-state index contributed by atoms with van der Waals surface area (Å²) in [6, 6.07) is 1.28. The second-order valence-electron chi connectivity index (χ2n) is 4.01. The van der Waals surface area contributed by atoms with Crippen LogP contribution in [0.2, 0.25) is 0 Å². The van der Waals surface area contributed by atoms with Crippen molar-refractivity contribution >= 4 is 17.3 Å². The summed E-state index contributed by atoms with van der Waals surface area (Å²) in [5.74, 6) is -1.27. The highest BCUT2D eigenvalue weighted by Gasteiger charge is 2.29. The zero-order valence-corrected chi connectivity index (χ0v) is 9.25. The van der Waals surface area contributed by atoms with Crippen molar-refractivity contribution in [3.63, 3.8) is 0 Å². The highest BCUT2D eigenvalue weighted by atomic mass is 19.1. The molecule has 0 saturated carbocycles. The van der Waals surface area contributed by atoms with Crippen LogP contribution < -0.4 is 5.32 Å². The first-order chi connectivity index (χ1) is 8.00. The van der Waals surface area contributed by atoms with Gasteiger partial charge in [-0.25, -0.2) is 4.39 Å². The molecule has 6 heteroatoms. The first-order valence-corrected chi connectivity index (χ1v) is 5.27. The third-order valence-corrected chi connectivity index (χ3v) is 2.81. The second kappa shape index (κ2) is 4.12. The molecule has 1 N–H and O–H groups in total. The van der Waals surface area contributed by atoms with Gasteiger partial charge in [0.1, 0.15) is 0 Å². The van der Waals surface area contributed by atoms with E-state index in [1.165, 1.54) is 13.0 Å². The van der Waals surface area contributed by atoms with E-state index < -0.39 is 16.6 Å². The van der Waals surface area contributed by atoms with E-state index in [-0.39, 0.29) is 11.4 Å². The van der Waals surface area contributed by atoms with Crippen LogP contribution in [0.1, 0.15) is 24.5 Å². The quantitative estimate of drug-likeness (QED) is 0.634. The number of nitro groups is 1. The maximum absolute atomic E-state index is 13.7. The van der Waals surface area contributed by atoms with Crippen LogP contribution in [0.5, 0.6) is 0 Å². The number of benzene rings is 1. The Bertz CT molecular complexity index is 514. The van der Waals surface area contributed by atoms with Gasteiger partial charge < -0.3 is 5.32 Å². The zero-order chi connectivity index (χ0) is 12.6. The van der Waals surface area contributed by atoms with E-state index in [4.69, 9.17) is 0 Å². The molecule has 1 amide bonds. The summed E-state index contributed by atoms with van der Waals surface area (Å²) in [7, 11) is 0. The predicted molar refractivity (Wildman–Crippen MR) is 59.4 cm³/mol. The molecule has 0 saturated heterocycles. The van der Waals surface area contributed by atoms with Crippen LogP contribution in [0.25, 0.3) is 0 Å². The number of nitrogens with zero attached hydrogens (tertiary/aromatic N) is 1. The Balaban J connectivity index is 2.64. The highest BCUT2D eigenvalue weighted by Crippen LogP contribution is 2.38. The van der Waals surface area contributed by atoms with Gasteiger partial charge in [-0.2, -0.15) is 0 Å². The summed E-state index contributed by atoms with van der Waals surface area (Å²) in [6.07, 6.45) is 1.98. The molecule has 2 rings (SSSR count). The fourth-order valence-electron chi connectivity index (χ4n) is 2.18. The smallest absolute Gasteiger partial charge is 0.299 e. The molecule has 1 aromatic rings. The van der Waals surface area contributed by atoms with Crippen molar-refractivity contribution in [3.05, 3.63) is 33.1 Å². The lowest BCUT2D eigenvalue weighted by atomic mass is 10.1. The minimum Gasteiger partial charge on any atom is -0.318 e. The molecule has 90 valence electrons. The SMILES string of the molecule is CC(=O)Nc1c(F)cc2c(c1[N+](=O)[O-])CCC2. The summed E-state index contributed by atoms with van der Waals surface area (Å²) in [5.41, 5.74) is 0.597. The van der Waals surface area contributed by atoms with Gasteiger partial charge in [-0.3, -0.25) is 14.9 Å². The third-order valence-electron chi connectivity index (χ3n) is 2.81. The fourth-order valence-corrected chi connectivity index (χ4v) is 2.18. The Morgan fingerprint density at radius 3 is 2.82 bits per heavy atom. The van der Waals surface area contributed by atoms with Crippen LogP contribution in [0.15, 0.2) is 6.07 Å². The van der Waals surface area contributed by atoms with Gasteiger partial charge in [0, 0.05) is 12.5 Å². The minimum absolute atomic E-state index is 0.298. The van der Waals surface area contributed by atoms with Crippen LogP contribution in [-0.2, 0) is 17.6 Å². The lowest BCUT2D eigenvalue weighted by Crippen LogP contribution is -2.11. The molecule has 17 heavy (non-hydrogen) atoms. The normalized spacial score (nSPS) is 13.3. The maximum Gasteiger partial charge on any atom is 0.299 e. The number of hydrogen-bond acceptors (Lipinski definition) is 3. The number of rotatable bonds is 2. The number of carbonyl (C=O) groups is 1. The Kier molecular flexibility index (Phi) is 2.79. The number of hydrogen-bond donors (Lipinski definition) is 1. The average Bonchev–Trinajstić information content (AvgIpc) is 2.64. The van der Waals surface area contributed by atoms with Gasteiger partial charge in [-0.1, -0.05) is 0 Å². The van der Waals surface area contributed by atoms with Crippen LogP contribution in [-0.4, -0.2) is 10.8 Å². The average molecular weight is 238 g/mol. The largest absolute Gasteiger partial charge is 0.318 e. The molecule has 5 nitrogen and oxygen atoms in total. The van der Waals surface area contributed by atoms with Gasteiger partial charge in [0.15, 0.2) is 11.5 Å². The molecule has 1 aliphatic carbocycles. The molecule has 0 unspecified atom stereocenters. The van der Waals surface area contributed by atoms with Crippen molar-refractivity contribution in [2.45, 2.75) is 26.2 Å². The lowest BCUT2D eigenvalue weighted by Gasteiger charge is -2.09. The van der Waals surface area contributed by atoms with Crippen molar-refractivity contribution in [1.29, 1.82) is 0 Å². The van der Waals surface area contributed by atoms with E-state index in [0.29, 0.717) is 24.0 Å². The molecule has 1 aliphatic rings. The minimum atomic E-state index is -0.743. The molecule has 0 radical (unpaired) electrons. The van der Waals surface area contributed by atoms with E-state index >= 15 is 0 Å². The Hall–Kier alpha value is -1.98. The molecular formula is C11H11FN2O3. The summed E-state index contributed by atoms with van der Waals surface area (Å²) >= 11 is 0. The van der Waals surface area contributed by atoms with Gasteiger partial charge in [0.2, 0.25) is 5.91 Å². The number of halogens is 1. The van der Waals surface area contributed by atoms with E-state index in [2.05, 4.69) is 5.32 Å². The molecule has 0 aliphatic heterocycles. The van der Waals surface area contributed by atoms with Crippen molar-refractivity contribution in [2.24, 2.45) is 0 Å². The van der Waals surface area contributed by atoms with Crippen LogP contribution in [0, 0.1) is 15.9 Å². The number of fused-ring (bicyclic) bond motifs is 1. The van der Waals surface area contributed by atoms with E-state index in [1.807, 2.05) is 0 Å². The molecule has 0 aromatic heterocycles. The summed E-state index contributed by atoms with van der Waals surface area (Å²) in [6.45, 7) is 1.19. The number of nitrogens with one attached hydrogen (secondary N) is 1. The van der Waals surface area contributed by atoms with Gasteiger partial charge in [0.25, 0.3) is 5.69 Å². The molecule has 1 aromatic carbocycles. The number of amides is 1. The van der Waals surface area contributed by atoms with Crippen molar-refractivity contribution in [3.8, 4) is 0 Å². The molecular weight excluding hydrogens is 227 g/mol. The van der Waals surface area contributed by atoms with Crippen molar-refractivity contribution < 1.29 is 14.1 Å². The van der Waals surface area contributed by atoms with Crippen LogP contribution in [0.4, 0.5) is 15.8 Å². The third kappa shape index (κ3) is 1.98. The maximum atomic E-state index is 13.7. The van der Waals surface area contributed by atoms with E-state index in [9.17, 15) is 19.3 Å². The van der Waals surface area contributed by atoms with Crippen molar-refractivity contribution in [1.82, 2.24) is 0 Å². The Morgan fingerprint density at radius 2 is 2.24 bits per heavy atom. The molecule has 0 fully saturated rings. The first-order valence-electron chi connectivity index (χ1n) is 5.27. The Morgan fingerprint density at radius 1 is 1.53 bits per heavy atom. The Labute approximate surface area is 96.8 Å². The molecule has 0 heterocycles. The zero-order valence-electron chi connectivity index (χ0n) is 9.25. The van der Waals surface area contributed by atoms with E-state index in [0.717, 1.165) is 6.42 Å². The van der Waals surface area contributed by atoms with Gasteiger partial charge in [-0.05, 0) is 30.9 Å². The lowest BCUT2D eigenvalue weighted by molar-refractivity contribution is -0.384. The van der Waals surface area contributed by atoms with Crippen LogP contribution in [0.3, 0.4) is 0 Å².